The second kappa shape index (κ2) is 10.3. The van der Waals surface area contributed by atoms with E-state index in [0.29, 0.717) is 30.3 Å². The van der Waals surface area contributed by atoms with Gasteiger partial charge < -0.3 is 25.0 Å². The van der Waals surface area contributed by atoms with Crippen LogP contribution in [-0.4, -0.2) is 51.6 Å². The van der Waals surface area contributed by atoms with E-state index in [1.165, 1.54) is 0 Å². The van der Waals surface area contributed by atoms with E-state index in [4.69, 9.17) is 9.47 Å². The Bertz CT molecular complexity index is 821. The van der Waals surface area contributed by atoms with Gasteiger partial charge in [0, 0.05) is 23.9 Å². The molecule has 0 atom stereocenters. The van der Waals surface area contributed by atoms with Crippen LogP contribution < -0.4 is 20.1 Å². The summed E-state index contributed by atoms with van der Waals surface area (Å²) in [5.74, 6) is 1.08. The first-order valence-corrected chi connectivity index (χ1v) is 8.92. The van der Waals surface area contributed by atoms with Gasteiger partial charge >= 0.3 is 0 Å². The maximum absolute atomic E-state index is 12.3. The van der Waals surface area contributed by atoms with Crippen molar-refractivity contribution in [1.82, 2.24) is 10.2 Å². The van der Waals surface area contributed by atoms with Crippen LogP contribution in [0.5, 0.6) is 11.5 Å². The Morgan fingerprint density at radius 2 is 1.79 bits per heavy atom. The largest absolute Gasteiger partial charge is 0.497 e. The Labute approximate surface area is 165 Å². The molecule has 0 aliphatic rings. The molecule has 0 radical (unpaired) electrons. The molecule has 0 aliphatic carbocycles. The number of ether oxygens (including phenoxy) is 2. The minimum Gasteiger partial charge on any atom is -0.497 e. The number of benzene rings is 2. The number of rotatable bonds is 9. The smallest absolute Gasteiger partial charge is 0.238 e. The second-order valence-electron chi connectivity index (χ2n) is 6.62. The van der Waals surface area contributed by atoms with Gasteiger partial charge in [-0.25, -0.2) is 0 Å². The van der Waals surface area contributed by atoms with Crippen molar-refractivity contribution in [2.24, 2.45) is 0 Å². The zero-order chi connectivity index (χ0) is 20.5. The van der Waals surface area contributed by atoms with E-state index in [0.717, 1.165) is 11.1 Å². The van der Waals surface area contributed by atoms with Crippen LogP contribution in [0.25, 0.3) is 0 Å². The number of methoxy groups -OCH3 is 2. The molecule has 0 saturated carbocycles. The fraction of sp³-hybridized carbons (Fsp3) is 0.333. The molecule has 2 aromatic rings. The van der Waals surface area contributed by atoms with E-state index in [-0.39, 0.29) is 18.2 Å². The molecule has 0 fully saturated rings. The number of carbonyl (C=O) groups excluding carboxylic acids is 2. The number of hydrogen-bond donors (Lipinski definition) is 2. The molecule has 150 valence electrons. The molecule has 0 heterocycles. The average Bonchev–Trinajstić information content (AvgIpc) is 2.66. The minimum atomic E-state index is -0.120. The lowest BCUT2D eigenvalue weighted by atomic mass is 10.1. The summed E-state index contributed by atoms with van der Waals surface area (Å²) in [7, 11) is 6.82. The standard InChI is InChI=1S/C21H27N3O4/c1-24(2)14-21(26)23-17-7-5-6-15(10-17)13-22-20(25)11-16-8-9-18(27-3)12-19(16)28-4/h5-10,12H,11,13-14H2,1-4H3,(H,22,25)(H,23,26). The van der Waals surface area contributed by atoms with Gasteiger partial charge in [0.25, 0.3) is 0 Å². The highest BCUT2D eigenvalue weighted by Gasteiger charge is 2.10. The first-order valence-electron chi connectivity index (χ1n) is 8.92. The lowest BCUT2D eigenvalue weighted by Gasteiger charge is -2.12. The number of likely N-dealkylation sites (N-methyl/N-ethyl adjacent to an activating group) is 1. The molecular weight excluding hydrogens is 358 g/mol. The van der Waals surface area contributed by atoms with Crippen molar-refractivity contribution in [1.29, 1.82) is 0 Å². The van der Waals surface area contributed by atoms with Gasteiger partial charge in [0.05, 0.1) is 27.2 Å². The van der Waals surface area contributed by atoms with Crippen LogP contribution in [0.15, 0.2) is 42.5 Å². The van der Waals surface area contributed by atoms with E-state index in [2.05, 4.69) is 10.6 Å². The Morgan fingerprint density at radius 1 is 1.00 bits per heavy atom. The summed E-state index contributed by atoms with van der Waals surface area (Å²) in [6.07, 6.45) is 0.201. The van der Waals surface area contributed by atoms with Crippen molar-refractivity contribution in [3.8, 4) is 11.5 Å². The lowest BCUT2D eigenvalue weighted by molar-refractivity contribution is -0.120. The van der Waals surface area contributed by atoms with Crippen molar-refractivity contribution in [2.45, 2.75) is 13.0 Å². The molecule has 2 amide bonds. The van der Waals surface area contributed by atoms with Gasteiger partial charge in [-0.1, -0.05) is 18.2 Å². The van der Waals surface area contributed by atoms with Gasteiger partial charge in [0.15, 0.2) is 0 Å². The Morgan fingerprint density at radius 3 is 2.46 bits per heavy atom. The maximum atomic E-state index is 12.3. The van der Waals surface area contributed by atoms with Crippen LogP contribution in [0, 0.1) is 0 Å². The highest BCUT2D eigenvalue weighted by molar-refractivity contribution is 5.92. The zero-order valence-corrected chi connectivity index (χ0v) is 16.7. The third-order valence-electron chi connectivity index (χ3n) is 4.01. The van der Waals surface area contributed by atoms with E-state index >= 15 is 0 Å². The van der Waals surface area contributed by atoms with Crippen molar-refractivity contribution in [3.05, 3.63) is 53.6 Å². The van der Waals surface area contributed by atoms with E-state index in [1.807, 2.05) is 44.4 Å². The van der Waals surface area contributed by atoms with Crippen LogP contribution in [-0.2, 0) is 22.6 Å². The second-order valence-corrected chi connectivity index (χ2v) is 6.62. The molecule has 7 heteroatoms. The molecule has 2 rings (SSSR count). The molecule has 2 aromatic carbocycles. The fourth-order valence-electron chi connectivity index (χ4n) is 2.68. The van der Waals surface area contributed by atoms with Gasteiger partial charge in [0.2, 0.25) is 11.8 Å². The summed E-state index contributed by atoms with van der Waals surface area (Å²) in [5.41, 5.74) is 2.39. The molecule has 0 spiro atoms. The molecular formula is C21H27N3O4. The molecule has 0 aromatic heterocycles. The van der Waals surface area contributed by atoms with Gasteiger partial charge in [-0.2, -0.15) is 0 Å². The number of hydrogen-bond acceptors (Lipinski definition) is 5. The molecule has 7 nitrogen and oxygen atoms in total. The molecule has 2 N–H and O–H groups in total. The molecule has 0 saturated heterocycles. The number of anilines is 1. The normalized spacial score (nSPS) is 10.5. The highest BCUT2D eigenvalue weighted by Crippen LogP contribution is 2.24. The summed E-state index contributed by atoms with van der Waals surface area (Å²) in [5, 5.41) is 5.74. The SMILES string of the molecule is COc1ccc(CC(=O)NCc2cccc(NC(=O)CN(C)C)c2)c(OC)c1. The van der Waals surface area contributed by atoms with E-state index in [1.54, 1.807) is 31.3 Å². The Hall–Kier alpha value is -3.06. The summed E-state index contributed by atoms with van der Waals surface area (Å²) < 4.78 is 10.5. The highest BCUT2D eigenvalue weighted by atomic mass is 16.5. The summed E-state index contributed by atoms with van der Waals surface area (Å²) in [4.78, 5) is 26.0. The van der Waals surface area contributed by atoms with Crippen LogP contribution in [0.2, 0.25) is 0 Å². The minimum absolute atomic E-state index is 0.0854. The number of carbonyl (C=O) groups is 2. The quantitative estimate of drug-likeness (QED) is 0.691. The van der Waals surface area contributed by atoms with Crippen molar-refractivity contribution < 1.29 is 19.1 Å². The van der Waals surface area contributed by atoms with Crippen LogP contribution >= 0.6 is 0 Å². The van der Waals surface area contributed by atoms with Crippen LogP contribution in [0.3, 0.4) is 0 Å². The van der Waals surface area contributed by atoms with Crippen LogP contribution in [0.4, 0.5) is 5.69 Å². The van der Waals surface area contributed by atoms with Gasteiger partial charge in [0.1, 0.15) is 11.5 Å². The van der Waals surface area contributed by atoms with Gasteiger partial charge in [-0.3, -0.25) is 9.59 Å². The Balaban J connectivity index is 1.92. The molecule has 28 heavy (non-hydrogen) atoms. The summed E-state index contributed by atoms with van der Waals surface area (Å²) in [6, 6.07) is 12.8. The first kappa shape index (κ1) is 21.2. The monoisotopic (exact) mass is 385 g/mol. The van der Waals surface area contributed by atoms with Gasteiger partial charge in [-0.05, 0) is 37.9 Å². The summed E-state index contributed by atoms with van der Waals surface area (Å²) in [6.45, 7) is 0.680. The Kier molecular flexibility index (Phi) is 7.83. The fourth-order valence-corrected chi connectivity index (χ4v) is 2.68. The number of nitrogens with zero attached hydrogens (tertiary/aromatic N) is 1. The predicted octanol–water partition coefficient (Wildman–Crippen LogP) is 2.06. The third kappa shape index (κ3) is 6.59. The van der Waals surface area contributed by atoms with Crippen LogP contribution in [0.1, 0.15) is 11.1 Å². The predicted molar refractivity (Wildman–Crippen MR) is 109 cm³/mol. The number of amides is 2. The maximum Gasteiger partial charge on any atom is 0.238 e. The first-order chi connectivity index (χ1) is 13.4. The average molecular weight is 385 g/mol. The van der Waals surface area contributed by atoms with E-state index in [9.17, 15) is 9.59 Å². The third-order valence-corrected chi connectivity index (χ3v) is 4.01. The lowest BCUT2D eigenvalue weighted by Crippen LogP contribution is -2.27. The summed E-state index contributed by atoms with van der Waals surface area (Å²) >= 11 is 0. The van der Waals surface area contributed by atoms with Crippen molar-refractivity contribution >= 4 is 17.5 Å². The molecule has 0 bridgehead atoms. The number of nitrogens with one attached hydrogen (secondary N) is 2. The van der Waals surface area contributed by atoms with Gasteiger partial charge in [-0.15, -0.1) is 0 Å². The molecule has 0 aliphatic heterocycles. The zero-order valence-electron chi connectivity index (χ0n) is 16.7. The van der Waals surface area contributed by atoms with Crippen molar-refractivity contribution in [3.63, 3.8) is 0 Å². The molecule has 0 unspecified atom stereocenters. The topological polar surface area (TPSA) is 79.9 Å². The van der Waals surface area contributed by atoms with E-state index < -0.39 is 0 Å². The van der Waals surface area contributed by atoms with Crippen molar-refractivity contribution in [2.75, 3.05) is 40.2 Å².